The van der Waals surface area contributed by atoms with Crippen LogP contribution in [0.4, 0.5) is 11.4 Å². The standard InChI is InChI=1S/C11H13ClN2O2/c1-3-9-11(15)14(2)8-5-6(12)4-7(13)10(8)16-9/h4-5,9H,3,13H2,1-2H3. The zero-order valence-corrected chi connectivity index (χ0v) is 9.91. The lowest BCUT2D eigenvalue weighted by atomic mass is 10.1. The molecule has 2 rings (SSSR count). The summed E-state index contributed by atoms with van der Waals surface area (Å²) in [5.41, 5.74) is 6.90. The number of carbonyl (C=O) groups excluding carboxylic acids is 1. The lowest BCUT2D eigenvalue weighted by Crippen LogP contribution is -2.43. The van der Waals surface area contributed by atoms with Gasteiger partial charge in [0, 0.05) is 12.1 Å². The number of hydrogen-bond donors (Lipinski definition) is 1. The van der Waals surface area contributed by atoms with Crippen molar-refractivity contribution in [3.05, 3.63) is 17.2 Å². The van der Waals surface area contributed by atoms with Crippen LogP contribution in [0.2, 0.25) is 5.02 Å². The maximum atomic E-state index is 11.9. The number of carbonyl (C=O) groups is 1. The number of rotatable bonds is 1. The Morgan fingerprint density at radius 3 is 2.88 bits per heavy atom. The Bertz CT molecular complexity index is 448. The van der Waals surface area contributed by atoms with Gasteiger partial charge in [-0.2, -0.15) is 0 Å². The number of nitrogens with two attached hydrogens (primary N) is 1. The summed E-state index contributed by atoms with van der Waals surface area (Å²) < 4.78 is 5.57. The summed E-state index contributed by atoms with van der Waals surface area (Å²) in [6.07, 6.45) is 0.158. The van der Waals surface area contributed by atoms with Crippen LogP contribution in [0.25, 0.3) is 0 Å². The molecule has 1 aromatic rings. The molecule has 4 nitrogen and oxygen atoms in total. The van der Waals surface area contributed by atoms with Crippen molar-refractivity contribution in [3.8, 4) is 5.75 Å². The van der Waals surface area contributed by atoms with Crippen molar-refractivity contribution >= 4 is 28.9 Å². The van der Waals surface area contributed by atoms with Crippen molar-refractivity contribution in [2.75, 3.05) is 17.7 Å². The summed E-state index contributed by atoms with van der Waals surface area (Å²) >= 11 is 5.89. The van der Waals surface area contributed by atoms with Gasteiger partial charge >= 0.3 is 0 Å². The molecule has 0 fully saturated rings. The number of anilines is 2. The lowest BCUT2D eigenvalue weighted by Gasteiger charge is -2.32. The van der Waals surface area contributed by atoms with Crippen molar-refractivity contribution in [3.63, 3.8) is 0 Å². The van der Waals surface area contributed by atoms with E-state index in [1.54, 1.807) is 19.2 Å². The molecule has 2 N–H and O–H groups in total. The highest BCUT2D eigenvalue weighted by Gasteiger charge is 2.32. The van der Waals surface area contributed by atoms with E-state index >= 15 is 0 Å². The molecule has 1 aromatic carbocycles. The van der Waals surface area contributed by atoms with Crippen LogP contribution in [-0.2, 0) is 4.79 Å². The normalized spacial score (nSPS) is 19.3. The van der Waals surface area contributed by atoms with Crippen LogP contribution in [0.3, 0.4) is 0 Å². The molecule has 16 heavy (non-hydrogen) atoms. The first kappa shape index (κ1) is 11.1. The van der Waals surface area contributed by atoms with Crippen molar-refractivity contribution in [1.29, 1.82) is 0 Å². The predicted octanol–water partition coefficient (Wildman–Crippen LogP) is 2.06. The average Bonchev–Trinajstić information content (AvgIpc) is 2.24. The zero-order chi connectivity index (χ0) is 11.9. The molecule has 5 heteroatoms. The van der Waals surface area contributed by atoms with E-state index in [2.05, 4.69) is 0 Å². The smallest absolute Gasteiger partial charge is 0.267 e. The Labute approximate surface area is 98.9 Å². The zero-order valence-electron chi connectivity index (χ0n) is 9.16. The van der Waals surface area contributed by atoms with Crippen LogP contribution in [0.1, 0.15) is 13.3 Å². The van der Waals surface area contributed by atoms with E-state index in [4.69, 9.17) is 22.1 Å². The predicted molar refractivity (Wildman–Crippen MR) is 64.0 cm³/mol. The number of nitrogen functional groups attached to an aromatic ring is 1. The molecule has 0 radical (unpaired) electrons. The molecule has 0 bridgehead atoms. The fourth-order valence-electron chi connectivity index (χ4n) is 1.76. The number of benzene rings is 1. The van der Waals surface area contributed by atoms with Gasteiger partial charge in [0.25, 0.3) is 5.91 Å². The number of likely N-dealkylation sites (N-methyl/N-ethyl adjacent to an activating group) is 1. The molecule has 1 aliphatic rings. The third-order valence-corrected chi connectivity index (χ3v) is 2.88. The SMILES string of the molecule is CCC1Oc2c(N)cc(Cl)cc2N(C)C1=O. The Hall–Kier alpha value is -1.42. The van der Waals surface area contributed by atoms with Crippen LogP contribution in [0.15, 0.2) is 12.1 Å². The van der Waals surface area contributed by atoms with E-state index in [0.717, 1.165) is 0 Å². The van der Waals surface area contributed by atoms with Gasteiger partial charge < -0.3 is 15.4 Å². The molecule has 0 spiro atoms. The monoisotopic (exact) mass is 240 g/mol. The third-order valence-electron chi connectivity index (χ3n) is 2.66. The number of nitrogens with zero attached hydrogens (tertiary/aromatic N) is 1. The van der Waals surface area contributed by atoms with Gasteiger partial charge in [-0.05, 0) is 18.6 Å². The molecule has 0 aliphatic carbocycles. The van der Waals surface area contributed by atoms with E-state index in [9.17, 15) is 4.79 Å². The van der Waals surface area contributed by atoms with Crippen LogP contribution in [0, 0.1) is 0 Å². The van der Waals surface area contributed by atoms with Crippen LogP contribution in [0.5, 0.6) is 5.75 Å². The molecule has 1 unspecified atom stereocenters. The second-order valence-corrected chi connectivity index (χ2v) is 4.19. The molecule has 0 aromatic heterocycles. The summed E-state index contributed by atoms with van der Waals surface area (Å²) in [7, 11) is 1.70. The number of amides is 1. The Morgan fingerprint density at radius 2 is 2.25 bits per heavy atom. The molecule has 0 saturated carbocycles. The van der Waals surface area contributed by atoms with Crippen LogP contribution in [-0.4, -0.2) is 19.1 Å². The minimum Gasteiger partial charge on any atom is -0.476 e. The highest BCUT2D eigenvalue weighted by Crippen LogP contribution is 2.40. The summed E-state index contributed by atoms with van der Waals surface area (Å²) in [6.45, 7) is 1.90. The second-order valence-electron chi connectivity index (χ2n) is 3.76. The van der Waals surface area contributed by atoms with Gasteiger partial charge in [-0.1, -0.05) is 18.5 Å². The summed E-state index contributed by atoms with van der Waals surface area (Å²) in [5.74, 6) is 0.468. The number of fused-ring (bicyclic) bond motifs is 1. The highest BCUT2D eigenvalue weighted by molar-refractivity contribution is 6.31. The second kappa shape index (κ2) is 3.87. The molecule has 1 atom stereocenters. The lowest BCUT2D eigenvalue weighted by molar-refractivity contribution is -0.126. The van der Waals surface area contributed by atoms with E-state index in [-0.39, 0.29) is 5.91 Å². The molecule has 0 saturated heterocycles. The minimum atomic E-state index is -0.457. The highest BCUT2D eigenvalue weighted by atomic mass is 35.5. The number of hydrogen-bond acceptors (Lipinski definition) is 3. The van der Waals surface area contributed by atoms with Gasteiger partial charge in [0.15, 0.2) is 11.9 Å². The molecule has 1 aliphatic heterocycles. The van der Waals surface area contributed by atoms with Crippen molar-refractivity contribution in [1.82, 2.24) is 0 Å². The largest absolute Gasteiger partial charge is 0.476 e. The van der Waals surface area contributed by atoms with E-state index < -0.39 is 6.10 Å². The number of halogens is 1. The summed E-state index contributed by atoms with van der Waals surface area (Å²) in [4.78, 5) is 13.4. The Balaban J connectivity index is 2.54. The average molecular weight is 241 g/mol. The maximum Gasteiger partial charge on any atom is 0.267 e. The van der Waals surface area contributed by atoms with Gasteiger partial charge in [0.2, 0.25) is 0 Å². The molecular formula is C11H13ClN2O2. The van der Waals surface area contributed by atoms with Crippen molar-refractivity contribution in [2.24, 2.45) is 0 Å². The maximum absolute atomic E-state index is 11.9. The fourth-order valence-corrected chi connectivity index (χ4v) is 1.98. The first-order valence-corrected chi connectivity index (χ1v) is 5.45. The van der Waals surface area contributed by atoms with E-state index in [0.29, 0.717) is 28.6 Å². The summed E-state index contributed by atoms with van der Waals surface area (Å²) in [6, 6.07) is 3.30. The van der Waals surface area contributed by atoms with Gasteiger partial charge in [0.1, 0.15) is 0 Å². The van der Waals surface area contributed by atoms with Crippen molar-refractivity contribution < 1.29 is 9.53 Å². The minimum absolute atomic E-state index is 0.0725. The molecule has 86 valence electrons. The topological polar surface area (TPSA) is 55.6 Å². The molecular weight excluding hydrogens is 228 g/mol. The molecule has 1 heterocycles. The van der Waals surface area contributed by atoms with Crippen molar-refractivity contribution in [2.45, 2.75) is 19.4 Å². The fraction of sp³-hybridized carbons (Fsp3) is 0.364. The Kier molecular flexibility index (Phi) is 2.68. The Morgan fingerprint density at radius 1 is 1.56 bits per heavy atom. The third kappa shape index (κ3) is 1.59. The van der Waals surface area contributed by atoms with Gasteiger partial charge in [0.05, 0.1) is 11.4 Å². The quantitative estimate of drug-likeness (QED) is 0.765. The number of ether oxygens (including phenoxy) is 1. The van der Waals surface area contributed by atoms with Gasteiger partial charge in [-0.25, -0.2) is 0 Å². The molecule has 1 amide bonds. The van der Waals surface area contributed by atoms with E-state index in [1.807, 2.05) is 6.92 Å². The van der Waals surface area contributed by atoms with Crippen LogP contribution >= 0.6 is 11.6 Å². The summed E-state index contributed by atoms with van der Waals surface area (Å²) in [5, 5.41) is 0.495. The van der Waals surface area contributed by atoms with E-state index in [1.165, 1.54) is 4.90 Å². The van der Waals surface area contributed by atoms with Crippen LogP contribution < -0.4 is 15.4 Å². The van der Waals surface area contributed by atoms with Gasteiger partial charge in [-0.15, -0.1) is 0 Å². The van der Waals surface area contributed by atoms with Gasteiger partial charge in [-0.3, -0.25) is 4.79 Å². The first-order chi connectivity index (χ1) is 7.54. The first-order valence-electron chi connectivity index (χ1n) is 5.07.